The summed E-state index contributed by atoms with van der Waals surface area (Å²) in [5.74, 6) is 0. The number of hydrogen-bond donors (Lipinski definition) is 2. The second kappa shape index (κ2) is 3.97. The van der Waals surface area contributed by atoms with Crippen LogP contribution in [0.3, 0.4) is 0 Å². The van der Waals surface area contributed by atoms with Crippen molar-refractivity contribution in [3.05, 3.63) is 29.3 Å². The van der Waals surface area contributed by atoms with Crippen molar-refractivity contribution in [2.24, 2.45) is 0 Å². The van der Waals surface area contributed by atoms with Gasteiger partial charge < -0.3 is 10.6 Å². The van der Waals surface area contributed by atoms with E-state index in [1.54, 1.807) is 13.1 Å². The molecule has 1 unspecified atom stereocenters. The predicted octanol–water partition coefficient (Wildman–Crippen LogP) is 2.26. The normalized spacial score (nSPS) is 20.1. The number of hydrogen-bond acceptors (Lipinski definition) is 2. The zero-order valence-corrected chi connectivity index (χ0v) is 8.86. The maximum absolute atomic E-state index is 12.8. The monoisotopic (exact) mass is 230 g/mol. The average molecular weight is 230 g/mol. The van der Waals surface area contributed by atoms with Gasteiger partial charge in [-0.3, -0.25) is 0 Å². The van der Waals surface area contributed by atoms with Crippen molar-refractivity contribution in [3.8, 4) is 0 Å². The lowest BCUT2D eigenvalue weighted by molar-refractivity contribution is -0.138. The van der Waals surface area contributed by atoms with E-state index in [9.17, 15) is 13.2 Å². The van der Waals surface area contributed by atoms with Crippen LogP contribution < -0.4 is 10.6 Å². The highest BCUT2D eigenvalue weighted by Gasteiger charge is 2.35. The van der Waals surface area contributed by atoms with Crippen LogP contribution in [-0.2, 0) is 12.6 Å². The minimum Gasteiger partial charge on any atom is -0.383 e. The Kier molecular flexibility index (Phi) is 2.80. The highest BCUT2D eigenvalue weighted by molar-refractivity contribution is 5.57. The molecule has 0 bridgehead atoms. The van der Waals surface area contributed by atoms with Crippen molar-refractivity contribution in [1.29, 1.82) is 0 Å². The fraction of sp³-hybridized carbons (Fsp3) is 0.455. The lowest BCUT2D eigenvalue weighted by Crippen LogP contribution is -2.38. The van der Waals surface area contributed by atoms with Crippen molar-refractivity contribution < 1.29 is 13.2 Å². The molecule has 1 aliphatic rings. The molecule has 0 saturated heterocycles. The van der Waals surface area contributed by atoms with Gasteiger partial charge in [0, 0.05) is 18.3 Å². The van der Waals surface area contributed by atoms with Crippen LogP contribution in [0.2, 0.25) is 0 Å². The van der Waals surface area contributed by atoms with E-state index in [0.29, 0.717) is 24.2 Å². The van der Waals surface area contributed by atoms with Crippen molar-refractivity contribution in [3.63, 3.8) is 0 Å². The summed E-state index contributed by atoms with van der Waals surface area (Å²) >= 11 is 0. The Hall–Kier alpha value is -1.23. The zero-order valence-electron chi connectivity index (χ0n) is 8.86. The first-order valence-electron chi connectivity index (χ1n) is 5.12. The Morgan fingerprint density at radius 3 is 2.75 bits per heavy atom. The summed E-state index contributed by atoms with van der Waals surface area (Å²) in [4.78, 5) is 0. The SMILES string of the molecule is CNC1CNc2cccc(C(F)(F)F)c2C1. The summed E-state index contributed by atoms with van der Waals surface area (Å²) in [5, 5.41) is 6.01. The molecule has 0 fully saturated rings. The Bertz CT molecular complexity index is 387. The standard InChI is InChI=1S/C11H13F3N2/c1-15-7-5-8-9(11(12,13)14)3-2-4-10(8)16-6-7/h2-4,7,15-16H,5-6H2,1H3. The van der Waals surface area contributed by atoms with E-state index in [2.05, 4.69) is 10.6 Å². The van der Waals surface area contributed by atoms with E-state index < -0.39 is 11.7 Å². The molecule has 1 atom stereocenters. The quantitative estimate of drug-likeness (QED) is 0.773. The molecule has 1 aromatic rings. The molecule has 0 aliphatic carbocycles. The summed E-state index contributed by atoms with van der Waals surface area (Å²) in [7, 11) is 1.76. The van der Waals surface area contributed by atoms with Crippen LogP contribution >= 0.6 is 0 Å². The van der Waals surface area contributed by atoms with Gasteiger partial charge in [0.05, 0.1) is 5.56 Å². The van der Waals surface area contributed by atoms with Gasteiger partial charge in [-0.15, -0.1) is 0 Å². The van der Waals surface area contributed by atoms with Gasteiger partial charge >= 0.3 is 6.18 Å². The molecule has 16 heavy (non-hydrogen) atoms. The van der Waals surface area contributed by atoms with Crippen molar-refractivity contribution in [2.75, 3.05) is 18.9 Å². The third kappa shape index (κ3) is 2.00. The summed E-state index contributed by atoms with van der Waals surface area (Å²) < 4.78 is 38.3. The number of halogens is 3. The van der Waals surface area contributed by atoms with Gasteiger partial charge in [0.1, 0.15) is 0 Å². The number of fused-ring (bicyclic) bond motifs is 1. The first kappa shape index (κ1) is 11.3. The topological polar surface area (TPSA) is 24.1 Å². The van der Waals surface area contributed by atoms with Crippen LogP contribution in [0.15, 0.2) is 18.2 Å². The second-order valence-electron chi connectivity index (χ2n) is 3.90. The van der Waals surface area contributed by atoms with E-state index in [1.165, 1.54) is 6.07 Å². The van der Waals surface area contributed by atoms with Gasteiger partial charge in [-0.1, -0.05) is 6.07 Å². The highest BCUT2D eigenvalue weighted by atomic mass is 19.4. The molecule has 0 saturated carbocycles. The molecule has 2 N–H and O–H groups in total. The molecule has 88 valence electrons. The van der Waals surface area contributed by atoms with Crippen molar-refractivity contribution in [2.45, 2.75) is 18.6 Å². The van der Waals surface area contributed by atoms with Crippen molar-refractivity contribution in [1.82, 2.24) is 5.32 Å². The van der Waals surface area contributed by atoms with Crippen LogP contribution in [0.4, 0.5) is 18.9 Å². The molecule has 0 amide bonds. The molecular formula is C11H13F3N2. The zero-order chi connectivity index (χ0) is 11.8. The van der Waals surface area contributed by atoms with Gasteiger partial charge in [-0.05, 0) is 31.2 Å². The second-order valence-corrected chi connectivity index (χ2v) is 3.90. The van der Waals surface area contributed by atoms with E-state index >= 15 is 0 Å². The maximum atomic E-state index is 12.8. The summed E-state index contributed by atoms with van der Waals surface area (Å²) in [6, 6.07) is 4.32. The first-order chi connectivity index (χ1) is 7.52. The number of benzene rings is 1. The van der Waals surface area contributed by atoms with E-state index in [0.717, 1.165) is 6.07 Å². The van der Waals surface area contributed by atoms with Gasteiger partial charge in [0.15, 0.2) is 0 Å². The number of alkyl halides is 3. The minimum absolute atomic E-state index is 0.0519. The fourth-order valence-electron chi connectivity index (χ4n) is 1.99. The average Bonchev–Trinajstić information content (AvgIpc) is 2.26. The largest absolute Gasteiger partial charge is 0.416 e. The molecule has 0 spiro atoms. The van der Waals surface area contributed by atoms with Gasteiger partial charge in [-0.25, -0.2) is 0 Å². The summed E-state index contributed by atoms with van der Waals surface area (Å²) in [6.07, 6.45) is -3.86. The maximum Gasteiger partial charge on any atom is 0.416 e. The number of rotatable bonds is 1. The van der Waals surface area contributed by atoms with Crippen molar-refractivity contribution >= 4 is 5.69 Å². The summed E-state index contributed by atoms with van der Waals surface area (Å²) in [5.41, 5.74) is 0.430. The predicted molar refractivity (Wildman–Crippen MR) is 56.5 cm³/mol. The van der Waals surface area contributed by atoms with Crippen LogP contribution in [-0.4, -0.2) is 19.6 Å². The van der Waals surface area contributed by atoms with Gasteiger partial charge in [0.25, 0.3) is 0 Å². The molecule has 1 heterocycles. The Morgan fingerprint density at radius 1 is 1.38 bits per heavy atom. The Morgan fingerprint density at radius 2 is 2.12 bits per heavy atom. The lowest BCUT2D eigenvalue weighted by Gasteiger charge is -2.28. The number of anilines is 1. The molecule has 5 heteroatoms. The fourth-order valence-corrected chi connectivity index (χ4v) is 1.99. The molecule has 1 aliphatic heterocycles. The first-order valence-corrected chi connectivity index (χ1v) is 5.12. The van der Waals surface area contributed by atoms with E-state index in [-0.39, 0.29) is 6.04 Å². The molecule has 0 radical (unpaired) electrons. The lowest BCUT2D eigenvalue weighted by atomic mass is 9.94. The van der Waals surface area contributed by atoms with Crippen LogP contribution in [0.25, 0.3) is 0 Å². The Balaban J connectivity index is 2.42. The number of nitrogens with one attached hydrogen (secondary N) is 2. The van der Waals surface area contributed by atoms with Crippen LogP contribution in [0.1, 0.15) is 11.1 Å². The van der Waals surface area contributed by atoms with E-state index in [1.807, 2.05) is 0 Å². The molecule has 2 nitrogen and oxygen atoms in total. The van der Waals surface area contributed by atoms with Gasteiger partial charge in [-0.2, -0.15) is 13.2 Å². The molecule has 0 aromatic heterocycles. The molecule has 1 aromatic carbocycles. The molecule has 2 rings (SSSR count). The summed E-state index contributed by atoms with van der Waals surface area (Å²) in [6.45, 7) is 0.658. The third-order valence-corrected chi connectivity index (χ3v) is 2.88. The Labute approximate surface area is 91.8 Å². The third-order valence-electron chi connectivity index (χ3n) is 2.88. The minimum atomic E-state index is -4.28. The highest BCUT2D eigenvalue weighted by Crippen LogP contribution is 2.36. The van der Waals surface area contributed by atoms with Crippen LogP contribution in [0, 0.1) is 0 Å². The smallest absolute Gasteiger partial charge is 0.383 e. The molecular weight excluding hydrogens is 217 g/mol. The number of likely N-dealkylation sites (N-methyl/N-ethyl adjacent to an activating group) is 1. The van der Waals surface area contributed by atoms with Gasteiger partial charge in [0.2, 0.25) is 0 Å². The van der Waals surface area contributed by atoms with Crippen LogP contribution in [0.5, 0.6) is 0 Å². The van der Waals surface area contributed by atoms with E-state index in [4.69, 9.17) is 0 Å².